The fourth-order valence-corrected chi connectivity index (χ4v) is 6.58. The third-order valence-corrected chi connectivity index (χ3v) is 8.87. The number of ether oxygens (including phenoxy) is 1. The van der Waals surface area contributed by atoms with E-state index in [0.717, 1.165) is 63.9 Å². The number of halogens is 1. The van der Waals surface area contributed by atoms with Crippen molar-refractivity contribution >= 4 is 17.3 Å². The number of hydrazine groups is 2. The van der Waals surface area contributed by atoms with Gasteiger partial charge < -0.3 is 9.64 Å². The van der Waals surface area contributed by atoms with Crippen LogP contribution in [-0.4, -0.2) is 80.1 Å². The topological polar surface area (TPSA) is 34.2 Å². The van der Waals surface area contributed by atoms with Crippen molar-refractivity contribution in [3.8, 4) is 0 Å². The van der Waals surface area contributed by atoms with Gasteiger partial charge in [0.15, 0.2) is 0 Å². The van der Waals surface area contributed by atoms with Crippen molar-refractivity contribution in [2.45, 2.75) is 44.1 Å². The van der Waals surface area contributed by atoms with Crippen molar-refractivity contribution in [3.05, 3.63) is 76.5 Å². The van der Waals surface area contributed by atoms with Crippen LogP contribution in [0.5, 0.6) is 0 Å². The monoisotopic (exact) mass is 521 g/mol. The number of nitrogens with zero attached hydrogens (tertiary/aromatic N) is 4. The summed E-state index contributed by atoms with van der Waals surface area (Å²) in [5.41, 5.74) is 9.62. The average molecular weight is 522 g/mol. The molecule has 0 bridgehead atoms. The smallest absolute Gasteiger partial charge is 0.0713 e. The molecule has 0 radical (unpaired) electrons. The summed E-state index contributed by atoms with van der Waals surface area (Å²) in [5.74, 6) is 0.623. The van der Waals surface area contributed by atoms with E-state index in [-0.39, 0.29) is 0 Å². The summed E-state index contributed by atoms with van der Waals surface area (Å²) < 4.78 is 5.91. The second-order valence-corrected chi connectivity index (χ2v) is 11.3. The van der Waals surface area contributed by atoms with Crippen LogP contribution in [0.25, 0.3) is 0 Å². The van der Waals surface area contributed by atoms with Gasteiger partial charge >= 0.3 is 0 Å². The number of hydrogen-bond acceptors (Lipinski definition) is 6. The van der Waals surface area contributed by atoms with Crippen LogP contribution in [0.15, 0.2) is 65.9 Å². The molecule has 4 aliphatic heterocycles. The Bertz CT molecular complexity index is 1050. The molecule has 1 atom stereocenters. The Labute approximate surface area is 226 Å². The summed E-state index contributed by atoms with van der Waals surface area (Å²) in [6.07, 6.45) is 5.75. The van der Waals surface area contributed by atoms with Gasteiger partial charge in [0.2, 0.25) is 0 Å². The van der Waals surface area contributed by atoms with Crippen molar-refractivity contribution in [2.75, 3.05) is 63.9 Å². The summed E-state index contributed by atoms with van der Waals surface area (Å²) in [6, 6.07) is 19.7. The van der Waals surface area contributed by atoms with Crippen molar-refractivity contribution in [3.63, 3.8) is 0 Å². The van der Waals surface area contributed by atoms with E-state index >= 15 is 0 Å². The average Bonchev–Trinajstić information content (AvgIpc) is 3.33. The molecule has 6 rings (SSSR count). The third-order valence-electron chi connectivity index (χ3n) is 8.62. The van der Waals surface area contributed by atoms with E-state index in [4.69, 9.17) is 16.3 Å². The zero-order chi connectivity index (χ0) is 25.0. The second-order valence-electron chi connectivity index (χ2n) is 10.9. The predicted octanol–water partition coefficient (Wildman–Crippen LogP) is 4.90. The van der Waals surface area contributed by atoms with E-state index in [9.17, 15) is 0 Å². The molecule has 0 aromatic heterocycles. The molecule has 1 N–H and O–H groups in total. The summed E-state index contributed by atoms with van der Waals surface area (Å²) in [7, 11) is 0. The first-order chi connectivity index (χ1) is 18.2. The normalized spacial score (nSPS) is 24.1. The zero-order valence-electron chi connectivity index (χ0n) is 21.8. The first-order valence-corrected chi connectivity index (χ1v) is 14.5. The fraction of sp³-hybridized carbons (Fsp3) is 0.533. The minimum absolute atomic E-state index is 0.398. The molecule has 4 aliphatic rings. The number of piperidine rings is 1. The minimum Gasteiger partial charge on any atom is -0.377 e. The van der Waals surface area contributed by atoms with Gasteiger partial charge in [0.1, 0.15) is 0 Å². The Kier molecular flexibility index (Phi) is 8.00. The summed E-state index contributed by atoms with van der Waals surface area (Å²) in [6.45, 7) is 9.49. The van der Waals surface area contributed by atoms with E-state index in [2.05, 4.69) is 67.8 Å². The molecule has 37 heavy (non-hydrogen) atoms. The van der Waals surface area contributed by atoms with Gasteiger partial charge in [-0.05, 0) is 73.5 Å². The summed E-state index contributed by atoms with van der Waals surface area (Å²) in [5, 5.41) is 5.77. The van der Waals surface area contributed by atoms with Crippen LogP contribution in [-0.2, 0) is 4.74 Å². The zero-order valence-corrected chi connectivity index (χ0v) is 22.6. The number of rotatable bonds is 7. The molecule has 4 heterocycles. The minimum atomic E-state index is 0.398. The van der Waals surface area contributed by atoms with Crippen LogP contribution in [0, 0.1) is 0 Å². The van der Waals surface area contributed by atoms with Crippen LogP contribution in [0.2, 0.25) is 5.02 Å². The molecule has 6 nitrogen and oxygen atoms in total. The maximum atomic E-state index is 6.10. The molecule has 1 unspecified atom stereocenters. The molecule has 0 spiro atoms. The standard InChI is InChI=1S/C30H40ClN5O/c31-26-10-8-24(9-11-26)25-12-16-35(17-13-25)36-30-14-22-37-23-28(30)29(32-36)7-4-15-33-18-20-34(21-19-33)27-5-2-1-3-6-27/h1-3,5-6,8-11,25,29,32H,4,7,12-23H2. The highest BCUT2D eigenvalue weighted by atomic mass is 35.5. The fourth-order valence-electron chi connectivity index (χ4n) is 6.45. The van der Waals surface area contributed by atoms with Crippen molar-refractivity contribution < 1.29 is 4.74 Å². The highest BCUT2D eigenvalue weighted by Crippen LogP contribution is 2.35. The Balaban J connectivity index is 0.991. The number of hydrogen-bond donors (Lipinski definition) is 1. The Morgan fingerprint density at radius 1 is 0.892 bits per heavy atom. The van der Waals surface area contributed by atoms with Crippen molar-refractivity contribution in [1.82, 2.24) is 20.5 Å². The summed E-state index contributed by atoms with van der Waals surface area (Å²) in [4.78, 5) is 5.15. The number of benzene rings is 2. The number of piperazine rings is 1. The molecule has 7 heteroatoms. The number of anilines is 1. The first kappa shape index (κ1) is 25.2. The van der Waals surface area contributed by atoms with Gasteiger partial charge in [-0.3, -0.25) is 4.90 Å². The van der Waals surface area contributed by atoms with Gasteiger partial charge in [-0.2, -0.15) is 0 Å². The van der Waals surface area contributed by atoms with Crippen LogP contribution in [0.4, 0.5) is 5.69 Å². The number of nitrogens with one attached hydrogen (secondary N) is 1. The molecule has 0 aliphatic carbocycles. The third kappa shape index (κ3) is 5.84. The molecule has 2 saturated heterocycles. The van der Waals surface area contributed by atoms with Gasteiger partial charge in [0, 0.05) is 56.4 Å². The maximum absolute atomic E-state index is 6.10. The van der Waals surface area contributed by atoms with Gasteiger partial charge in [-0.1, -0.05) is 41.9 Å². The lowest BCUT2D eigenvalue weighted by Crippen LogP contribution is -2.52. The van der Waals surface area contributed by atoms with E-state index in [0.29, 0.717) is 12.0 Å². The van der Waals surface area contributed by atoms with E-state index in [1.54, 1.807) is 0 Å². The predicted molar refractivity (Wildman–Crippen MR) is 151 cm³/mol. The first-order valence-electron chi connectivity index (χ1n) is 14.1. The highest BCUT2D eigenvalue weighted by molar-refractivity contribution is 6.30. The lowest BCUT2D eigenvalue weighted by atomic mass is 9.90. The van der Waals surface area contributed by atoms with Crippen molar-refractivity contribution in [1.29, 1.82) is 0 Å². The van der Waals surface area contributed by atoms with Crippen molar-refractivity contribution in [2.24, 2.45) is 0 Å². The maximum Gasteiger partial charge on any atom is 0.0713 e. The molecule has 198 valence electrons. The molecule has 2 aromatic carbocycles. The van der Waals surface area contributed by atoms with Gasteiger partial charge in [-0.25, -0.2) is 15.6 Å². The molecular formula is C30H40ClN5O. The van der Waals surface area contributed by atoms with Crippen LogP contribution >= 0.6 is 11.6 Å². The van der Waals surface area contributed by atoms with Crippen LogP contribution in [0.1, 0.15) is 43.6 Å². The quantitative estimate of drug-likeness (QED) is 0.558. The van der Waals surface area contributed by atoms with Gasteiger partial charge in [0.25, 0.3) is 0 Å². The SMILES string of the molecule is Clc1ccc(C2CCN(N3NC(CCCN4CCN(c5ccccc5)CC4)C4=C3CCOC4)CC2)cc1. The summed E-state index contributed by atoms with van der Waals surface area (Å²) >= 11 is 6.10. The lowest BCUT2D eigenvalue weighted by molar-refractivity contribution is -0.0540. The number of para-hydroxylation sites is 1. The van der Waals surface area contributed by atoms with E-state index in [1.165, 1.54) is 54.7 Å². The van der Waals surface area contributed by atoms with Crippen LogP contribution in [0.3, 0.4) is 0 Å². The van der Waals surface area contributed by atoms with Crippen LogP contribution < -0.4 is 10.3 Å². The molecule has 2 fully saturated rings. The van der Waals surface area contributed by atoms with Gasteiger partial charge in [-0.15, -0.1) is 0 Å². The Hall–Kier alpha value is -2.09. The highest BCUT2D eigenvalue weighted by Gasteiger charge is 2.37. The lowest BCUT2D eigenvalue weighted by Gasteiger charge is -2.40. The molecule has 0 saturated carbocycles. The molecular weight excluding hydrogens is 482 g/mol. The van der Waals surface area contributed by atoms with Gasteiger partial charge in [0.05, 0.1) is 25.0 Å². The second kappa shape index (κ2) is 11.7. The Morgan fingerprint density at radius 3 is 2.41 bits per heavy atom. The Morgan fingerprint density at radius 2 is 1.65 bits per heavy atom. The van der Waals surface area contributed by atoms with E-state index < -0.39 is 0 Å². The molecule has 0 amide bonds. The van der Waals surface area contributed by atoms with E-state index in [1.807, 2.05) is 12.1 Å². The largest absolute Gasteiger partial charge is 0.377 e. The molecule has 2 aromatic rings.